The molecule has 0 unspecified atom stereocenters. The summed E-state index contributed by atoms with van der Waals surface area (Å²) in [4.78, 5) is 19.8. The van der Waals surface area contributed by atoms with Gasteiger partial charge in [0.1, 0.15) is 12.6 Å². The van der Waals surface area contributed by atoms with E-state index in [1.165, 1.54) is 0 Å². The van der Waals surface area contributed by atoms with Gasteiger partial charge in [0, 0.05) is 17.1 Å². The molecule has 0 spiro atoms. The fraction of sp³-hybridized carbons (Fsp3) is 0.167. The van der Waals surface area contributed by atoms with E-state index in [0.717, 1.165) is 36.6 Å². The molecule has 15 heavy (non-hydrogen) atoms. The summed E-state index contributed by atoms with van der Waals surface area (Å²) in [6.07, 6.45) is 14.8. The zero-order chi connectivity index (χ0) is 10.2. The SMILES string of the molecule is O=CC1=CC=CC1.O=CC1=CC=CC1.[Fe]. The maximum Gasteiger partial charge on any atom is 0.146 e. The van der Waals surface area contributed by atoms with Crippen LogP contribution in [-0.2, 0) is 26.7 Å². The summed E-state index contributed by atoms with van der Waals surface area (Å²) in [6, 6.07) is 0. The van der Waals surface area contributed by atoms with E-state index in [4.69, 9.17) is 0 Å². The van der Waals surface area contributed by atoms with Crippen molar-refractivity contribution in [1.29, 1.82) is 0 Å². The first kappa shape index (κ1) is 13.8. The van der Waals surface area contributed by atoms with E-state index < -0.39 is 0 Å². The summed E-state index contributed by atoms with van der Waals surface area (Å²) in [5, 5.41) is 0. The first-order valence-electron chi connectivity index (χ1n) is 4.48. The second-order valence-electron chi connectivity index (χ2n) is 2.98. The number of hydrogen-bond donors (Lipinski definition) is 0. The molecule has 0 fully saturated rings. The number of hydrogen-bond acceptors (Lipinski definition) is 2. The van der Waals surface area contributed by atoms with Crippen molar-refractivity contribution < 1.29 is 26.7 Å². The van der Waals surface area contributed by atoms with Crippen molar-refractivity contribution in [3.05, 3.63) is 47.6 Å². The van der Waals surface area contributed by atoms with Crippen LogP contribution in [0, 0.1) is 0 Å². The minimum Gasteiger partial charge on any atom is -0.298 e. The fourth-order valence-electron chi connectivity index (χ4n) is 1.10. The van der Waals surface area contributed by atoms with Crippen LogP contribution in [0.25, 0.3) is 0 Å². The van der Waals surface area contributed by atoms with Crippen molar-refractivity contribution in [3.8, 4) is 0 Å². The molecule has 0 radical (unpaired) electrons. The van der Waals surface area contributed by atoms with Crippen LogP contribution >= 0.6 is 0 Å². The van der Waals surface area contributed by atoms with Gasteiger partial charge in [-0.2, -0.15) is 0 Å². The van der Waals surface area contributed by atoms with Gasteiger partial charge in [-0.15, -0.1) is 0 Å². The smallest absolute Gasteiger partial charge is 0.146 e. The number of carbonyl (C=O) groups is 2. The molecule has 0 saturated carbocycles. The molecule has 2 rings (SSSR count). The van der Waals surface area contributed by atoms with Crippen LogP contribution in [0.4, 0.5) is 0 Å². The van der Waals surface area contributed by atoms with Crippen LogP contribution < -0.4 is 0 Å². The summed E-state index contributed by atoms with van der Waals surface area (Å²) >= 11 is 0. The first-order chi connectivity index (χ1) is 6.86. The van der Waals surface area contributed by atoms with Gasteiger partial charge >= 0.3 is 0 Å². The van der Waals surface area contributed by atoms with E-state index in [9.17, 15) is 9.59 Å². The minimum absolute atomic E-state index is 0. The van der Waals surface area contributed by atoms with Crippen molar-refractivity contribution in [3.63, 3.8) is 0 Å². The Kier molecular flexibility index (Phi) is 7.51. The molecule has 0 aliphatic heterocycles. The number of aldehydes is 2. The Bertz CT molecular complexity index is 302. The van der Waals surface area contributed by atoms with Gasteiger partial charge < -0.3 is 0 Å². The Morgan fingerprint density at radius 2 is 1.27 bits per heavy atom. The van der Waals surface area contributed by atoms with Gasteiger partial charge in [0.15, 0.2) is 0 Å². The monoisotopic (exact) mass is 244 g/mol. The molecule has 80 valence electrons. The zero-order valence-electron chi connectivity index (χ0n) is 8.20. The second kappa shape index (κ2) is 8.15. The van der Waals surface area contributed by atoms with Crippen LogP contribution in [0.2, 0.25) is 0 Å². The van der Waals surface area contributed by atoms with Gasteiger partial charge in [0.2, 0.25) is 0 Å². The van der Waals surface area contributed by atoms with Crippen molar-refractivity contribution in [2.45, 2.75) is 12.8 Å². The number of allylic oxidation sites excluding steroid dienone is 8. The van der Waals surface area contributed by atoms with Crippen LogP contribution in [0.1, 0.15) is 12.8 Å². The van der Waals surface area contributed by atoms with E-state index in [1.54, 1.807) is 0 Å². The molecule has 0 bridgehead atoms. The predicted octanol–water partition coefficient (Wildman–Crippen LogP) is 2.14. The normalized spacial score (nSPS) is 15.7. The summed E-state index contributed by atoms with van der Waals surface area (Å²) in [5.41, 5.74) is 1.75. The Labute approximate surface area is 99.9 Å². The summed E-state index contributed by atoms with van der Waals surface area (Å²) in [5.74, 6) is 0. The molecule has 0 heterocycles. The van der Waals surface area contributed by atoms with Gasteiger partial charge in [-0.25, -0.2) is 0 Å². The third-order valence-corrected chi connectivity index (χ3v) is 1.90. The minimum atomic E-state index is 0. The molecule has 0 aromatic heterocycles. The molecule has 2 aliphatic carbocycles. The third kappa shape index (κ3) is 5.30. The molecule has 3 heteroatoms. The Morgan fingerprint density at radius 1 is 0.867 bits per heavy atom. The van der Waals surface area contributed by atoms with E-state index in [2.05, 4.69) is 0 Å². The van der Waals surface area contributed by atoms with Gasteiger partial charge in [-0.3, -0.25) is 9.59 Å². The van der Waals surface area contributed by atoms with Gasteiger partial charge in [0.05, 0.1) is 0 Å². The topological polar surface area (TPSA) is 34.1 Å². The Morgan fingerprint density at radius 3 is 1.40 bits per heavy atom. The average molecular weight is 244 g/mol. The van der Waals surface area contributed by atoms with Crippen molar-refractivity contribution >= 4 is 12.6 Å². The quantitative estimate of drug-likeness (QED) is 0.550. The molecule has 0 atom stereocenters. The van der Waals surface area contributed by atoms with Gasteiger partial charge in [0.25, 0.3) is 0 Å². The standard InChI is InChI=1S/2C6H6O.Fe/c2*7-5-6-3-1-2-4-6;/h2*1-3,5H,4H2;. The largest absolute Gasteiger partial charge is 0.298 e. The van der Waals surface area contributed by atoms with Crippen LogP contribution in [-0.4, -0.2) is 12.6 Å². The molecular weight excluding hydrogens is 232 g/mol. The van der Waals surface area contributed by atoms with E-state index in [1.807, 2.05) is 36.5 Å². The molecule has 2 aliphatic rings. The van der Waals surface area contributed by atoms with Crippen molar-refractivity contribution in [2.75, 3.05) is 0 Å². The number of rotatable bonds is 2. The second-order valence-corrected chi connectivity index (χ2v) is 2.98. The predicted molar refractivity (Wildman–Crippen MR) is 55.8 cm³/mol. The molecule has 0 saturated heterocycles. The maximum absolute atomic E-state index is 9.90. The maximum atomic E-state index is 9.90. The summed E-state index contributed by atoms with van der Waals surface area (Å²) in [7, 11) is 0. The van der Waals surface area contributed by atoms with Crippen molar-refractivity contribution in [1.82, 2.24) is 0 Å². The van der Waals surface area contributed by atoms with E-state index in [-0.39, 0.29) is 17.1 Å². The first-order valence-corrected chi connectivity index (χ1v) is 4.48. The van der Waals surface area contributed by atoms with Crippen molar-refractivity contribution in [2.24, 2.45) is 0 Å². The van der Waals surface area contributed by atoms with Crippen LogP contribution in [0.15, 0.2) is 47.6 Å². The molecule has 0 aromatic carbocycles. The summed E-state index contributed by atoms with van der Waals surface area (Å²) < 4.78 is 0. The van der Waals surface area contributed by atoms with E-state index in [0.29, 0.717) is 0 Å². The third-order valence-electron chi connectivity index (χ3n) is 1.90. The molecular formula is C12H12FeO2. The Hall–Kier alpha value is -1.18. The van der Waals surface area contributed by atoms with Crippen LogP contribution in [0.3, 0.4) is 0 Å². The molecule has 2 nitrogen and oxygen atoms in total. The Balaban J connectivity index is 0.000000245. The van der Waals surface area contributed by atoms with E-state index >= 15 is 0 Å². The zero-order valence-corrected chi connectivity index (χ0v) is 9.31. The van der Waals surface area contributed by atoms with Crippen LogP contribution in [0.5, 0.6) is 0 Å². The number of carbonyl (C=O) groups excluding carboxylic acids is 2. The molecule has 0 aromatic rings. The molecule has 0 N–H and O–H groups in total. The average Bonchev–Trinajstić information content (AvgIpc) is 2.92. The molecule has 0 amide bonds. The summed E-state index contributed by atoms with van der Waals surface area (Å²) in [6.45, 7) is 0. The van der Waals surface area contributed by atoms with Gasteiger partial charge in [-0.05, 0) is 24.0 Å². The fourth-order valence-corrected chi connectivity index (χ4v) is 1.10. The van der Waals surface area contributed by atoms with Gasteiger partial charge in [-0.1, -0.05) is 36.5 Å².